The molecule has 0 aromatic heterocycles. The highest BCUT2D eigenvalue weighted by Gasteiger charge is 2.29. The van der Waals surface area contributed by atoms with Crippen molar-refractivity contribution in [3.05, 3.63) is 35.9 Å². The minimum Gasteiger partial charge on any atom is -0.381 e. The molecule has 2 heterocycles. The number of carbonyl (C=O) groups is 1. The summed E-state index contributed by atoms with van der Waals surface area (Å²) in [5.74, 6) is 2.02. The highest BCUT2D eigenvalue weighted by molar-refractivity contribution is 14.0. The van der Waals surface area contributed by atoms with Crippen LogP contribution in [0.3, 0.4) is 0 Å². The molecule has 0 radical (unpaired) electrons. The number of likely N-dealkylation sites (tertiary alicyclic amines) is 1. The zero-order valence-corrected chi connectivity index (χ0v) is 21.6. The van der Waals surface area contributed by atoms with Gasteiger partial charge in [-0.2, -0.15) is 0 Å². The van der Waals surface area contributed by atoms with Crippen LogP contribution in [0.1, 0.15) is 31.2 Å². The van der Waals surface area contributed by atoms with Gasteiger partial charge in [0.2, 0.25) is 5.91 Å². The van der Waals surface area contributed by atoms with E-state index in [0.29, 0.717) is 18.3 Å². The molecule has 32 heavy (non-hydrogen) atoms. The van der Waals surface area contributed by atoms with Crippen LogP contribution in [0.15, 0.2) is 35.3 Å². The molecule has 2 aliphatic rings. The summed E-state index contributed by atoms with van der Waals surface area (Å²) in [5, 5.41) is 6.72. The highest BCUT2D eigenvalue weighted by atomic mass is 127. The largest absolute Gasteiger partial charge is 0.381 e. The number of nitrogens with zero attached hydrogens (tertiary/aromatic N) is 2. The Morgan fingerprint density at radius 1 is 1.19 bits per heavy atom. The summed E-state index contributed by atoms with van der Waals surface area (Å²) in [4.78, 5) is 18.6. The fraction of sp³-hybridized carbons (Fsp3) is 0.667. The third-order valence-electron chi connectivity index (χ3n) is 6.04. The zero-order valence-electron chi connectivity index (χ0n) is 19.3. The maximum Gasteiger partial charge on any atom is 0.223 e. The summed E-state index contributed by atoms with van der Waals surface area (Å²) in [6, 6.07) is 10.3. The van der Waals surface area contributed by atoms with Gasteiger partial charge < -0.3 is 25.0 Å². The predicted molar refractivity (Wildman–Crippen MR) is 139 cm³/mol. The van der Waals surface area contributed by atoms with Gasteiger partial charge in [-0.05, 0) is 37.2 Å². The SMILES string of the molecule is CN=C(NCCCOCC1CCOCC1)NCC1CC(=O)N(CCc2ccccc2)C1.I. The Kier molecular flexibility index (Phi) is 13.0. The van der Waals surface area contributed by atoms with Gasteiger partial charge in [-0.25, -0.2) is 0 Å². The van der Waals surface area contributed by atoms with Crippen LogP contribution in [-0.4, -0.2) is 76.4 Å². The van der Waals surface area contributed by atoms with Crippen LogP contribution >= 0.6 is 24.0 Å². The van der Waals surface area contributed by atoms with Crippen molar-refractivity contribution in [3.8, 4) is 0 Å². The molecule has 180 valence electrons. The number of benzene rings is 1. The van der Waals surface area contributed by atoms with Crippen molar-refractivity contribution in [2.75, 3.05) is 59.7 Å². The molecule has 2 N–H and O–H groups in total. The summed E-state index contributed by atoms with van der Waals surface area (Å²) < 4.78 is 11.2. The zero-order chi connectivity index (χ0) is 21.7. The van der Waals surface area contributed by atoms with Crippen LogP contribution in [0.25, 0.3) is 0 Å². The van der Waals surface area contributed by atoms with Crippen LogP contribution in [0.4, 0.5) is 0 Å². The molecule has 0 bridgehead atoms. The summed E-state index contributed by atoms with van der Waals surface area (Å²) in [7, 11) is 1.78. The van der Waals surface area contributed by atoms with Crippen molar-refractivity contribution in [2.24, 2.45) is 16.8 Å². The molecular weight excluding hydrogens is 519 g/mol. The van der Waals surface area contributed by atoms with Crippen molar-refractivity contribution in [1.29, 1.82) is 0 Å². The van der Waals surface area contributed by atoms with Crippen molar-refractivity contribution in [3.63, 3.8) is 0 Å². The molecule has 1 amide bonds. The molecule has 1 aromatic carbocycles. The molecule has 2 saturated heterocycles. The number of aliphatic imine (C=N–C) groups is 1. The third kappa shape index (κ3) is 9.62. The first-order valence-corrected chi connectivity index (χ1v) is 11.7. The first-order valence-electron chi connectivity index (χ1n) is 11.7. The van der Waals surface area contributed by atoms with Crippen LogP contribution in [0.5, 0.6) is 0 Å². The van der Waals surface area contributed by atoms with E-state index in [1.807, 2.05) is 23.1 Å². The lowest BCUT2D eigenvalue weighted by Crippen LogP contribution is -2.41. The third-order valence-corrected chi connectivity index (χ3v) is 6.04. The monoisotopic (exact) mass is 558 g/mol. The quantitative estimate of drug-likeness (QED) is 0.189. The number of halogens is 1. The minimum atomic E-state index is 0. The Morgan fingerprint density at radius 2 is 1.97 bits per heavy atom. The highest BCUT2D eigenvalue weighted by Crippen LogP contribution is 2.18. The summed E-state index contributed by atoms with van der Waals surface area (Å²) in [6.07, 6.45) is 4.69. The Bertz CT molecular complexity index is 683. The Morgan fingerprint density at radius 3 is 2.72 bits per heavy atom. The Hall–Kier alpha value is -1.39. The van der Waals surface area contributed by atoms with Gasteiger partial charge in [0.05, 0.1) is 0 Å². The van der Waals surface area contributed by atoms with Crippen molar-refractivity contribution < 1.29 is 14.3 Å². The minimum absolute atomic E-state index is 0. The van der Waals surface area contributed by atoms with E-state index in [4.69, 9.17) is 9.47 Å². The molecule has 2 fully saturated rings. The number of rotatable bonds is 11. The summed E-state index contributed by atoms with van der Waals surface area (Å²) >= 11 is 0. The first kappa shape index (κ1) is 26.9. The van der Waals surface area contributed by atoms with Crippen molar-refractivity contribution in [2.45, 2.75) is 32.1 Å². The van der Waals surface area contributed by atoms with Gasteiger partial charge in [0.1, 0.15) is 0 Å². The second-order valence-corrected chi connectivity index (χ2v) is 8.51. The van der Waals surface area contributed by atoms with Gasteiger partial charge >= 0.3 is 0 Å². The molecule has 7 nitrogen and oxygen atoms in total. The average Bonchev–Trinajstić information content (AvgIpc) is 3.17. The number of ether oxygens (including phenoxy) is 2. The summed E-state index contributed by atoms with van der Waals surface area (Å²) in [5.41, 5.74) is 1.28. The molecule has 0 aliphatic carbocycles. The van der Waals surface area contributed by atoms with Crippen LogP contribution in [0, 0.1) is 11.8 Å². The van der Waals surface area contributed by atoms with E-state index >= 15 is 0 Å². The smallest absolute Gasteiger partial charge is 0.223 e. The lowest BCUT2D eigenvalue weighted by atomic mass is 10.0. The van der Waals surface area contributed by atoms with Gasteiger partial charge in [0.15, 0.2) is 5.96 Å². The van der Waals surface area contributed by atoms with Gasteiger partial charge in [-0.1, -0.05) is 30.3 Å². The molecule has 1 aromatic rings. The lowest BCUT2D eigenvalue weighted by molar-refractivity contribution is -0.127. The fourth-order valence-electron chi connectivity index (χ4n) is 4.12. The molecular formula is C24H39IN4O3. The average molecular weight is 559 g/mol. The predicted octanol–water partition coefficient (Wildman–Crippen LogP) is 2.69. The second-order valence-electron chi connectivity index (χ2n) is 8.51. The molecule has 1 atom stereocenters. The topological polar surface area (TPSA) is 75.2 Å². The molecule has 3 rings (SSSR count). The van der Waals surface area contributed by atoms with Crippen molar-refractivity contribution in [1.82, 2.24) is 15.5 Å². The van der Waals surface area contributed by atoms with Gasteiger partial charge in [0.25, 0.3) is 0 Å². The second kappa shape index (κ2) is 15.4. The van der Waals surface area contributed by atoms with E-state index in [2.05, 4.69) is 27.8 Å². The number of guanidine groups is 1. The molecule has 0 saturated carbocycles. The van der Waals surface area contributed by atoms with E-state index in [0.717, 1.165) is 84.2 Å². The number of amides is 1. The van der Waals surface area contributed by atoms with E-state index in [-0.39, 0.29) is 29.9 Å². The normalized spacial score (nSPS) is 19.7. The molecule has 8 heteroatoms. The fourth-order valence-corrected chi connectivity index (χ4v) is 4.12. The van der Waals surface area contributed by atoms with E-state index in [1.165, 1.54) is 5.56 Å². The van der Waals surface area contributed by atoms with Crippen LogP contribution < -0.4 is 10.6 Å². The lowest BCUT2D eigenvalue weighted by Gasteiger charge is -2.21. The number of nitrogens with one attached hydrogen (secondary N) is 2. The van der Waals surface area contributed by atoms with Crippen molar-refractivity contribution >= 4 is 35.8 Å². The molecule has 0 spiro atoms. The van der Waals surface area contributed by atoms with E-state index in [1.54, 1.807) is 7.05 Å². The van der Waals surface area contributed by atoms with Crippen LogP contribution in [0.2, 0.25) is 0 Å². The van der Waals surface area contributed by atoms with Gasteiger partial charge in [0, 0.05) is 72.0 Å². The maximum absolute atomic E-state index is 12.3. The number of hydrogen-bond donors (Lipinski definition) is 2. The standard InChI is InChI=1S/C24H38N4O3.HI/c1-25-24(26-11-5-13-31-19-21-9-14-30-15-10-21)27-17-22-16-23(29)28(18-22)12-8-20-6-3-2-4-7-20;/h2-4,6-7,21-22H,5,8-19H2,1H3,(H2,25,26,27);1H. The molecule has 1 unspecified atom stereocenters. The Balaban J connectivity index is 0.00000363. The first-order chi connectivity index (χ1) is 15.2. The maximum atomic E-state index is 12.3. The Labute approximate surface area is 209 Å². The van der Waals surface area contributed by atoms with Gasteiger partial charge in [-0.15, -0.1) is 24.0 Å². The number of hydrogen-bond acceptors (Lipinski definition) is 4. The summed E-state index contributed by atoms with van der Waals surface area (Å²) in [6.45, 7) is 6.52. The van der Waals surface area contributed by atoms with E-state index < -0.39 is 0 Å². The molecule has 2 aliphatic heterocycles. The van der Waals surface area contributed by atoms with Crippen LogP contribution in [-0.2, 0) is 20.7 Å². The van der Waals surface area contributed by atoms with E-state index in [9.17, 15) is 4.79 Å². The number of carbonyl (C=O) groups excluding carboxylic acids is 1. The van der Waals surface area contributed by atoms with Gasteiger partial charge in [-0.3, -0.25) is 9.79 Å².